The Morgan fingerprint density at radius 2 is 2.06 bits per heavy atom. The maximum Gasteiger partial charge on any atom is 0.0701 e. The molecule has 1 saturated carbocycles. The molecule has 1 aliphatic rings. The molecule has 0 bridgehead atoms. The summed E-state index contributed by atoms with van der Waals surface area (Å²) < 4.78 is 1.23. The first-order valence-corrected chi connectivity index (χ1v) is 7.74. The average molecular weight is 302 g/mol. The summed E-state index contributed by atoms with van der Waals surface area (Å²) in [5, 5.41) is 3.61. The van der Waals surface area contributed by atoms with Gasteiger partial charge in [0.05, 0.1) is 3.79 Å². The molecule has 0 spiro atoms. The lowest BCUT2D eigenvalue weighted by Gasteiger charge is -2.33. The van der Waals surface area contributed by atoms with Crippen LogP contribution in [0.1, 0.15) is 43.9 Å². The molecule has 2 rings (SSSR count). The van der Waals surface area contributed by atoms with E-state index in [2.05, 4.69) is 40.3 Å². The first-order chi connectivity index (χ1) is 7.68. The maximum atomic E-state index is 3.61. The summed E-state index contributed by atoms with van der Waals surface area (Å²) in [7, 11) is 0. The SMILES string of the molecule is CC1(CNCc2ccc(Br)s2)CCCCC1. The van der Waals surface area contributed by atoms with Gasteiger partial charge in [-0.25, -0.2) is 0 Å². The maximum absolute atomic E-state index is 3.61. The van der Waals surface area contributed by atoms with E-state index in [1.54, 1.807) is 0 Å². The van der Waals surface area contributed by atoms with Crippen LogP contribution in [0.5, 0.6) is 0 Å². The number of nitrogens with one attached hydrogen (secondary N) is 1. The Morgan fingerprint density at radius 1 is 1.31 bits per heavy atom. The van der Waals surface area contributed by atoms with Crippen LogP contribution in [-0.2, 0) is 6.54 Å². The van der Waals surface area contributed by atoms with Crippen molar-refractivity contribution in [1.29, 1.82) is 0 Å². The molecule has 0 radical (unpaired) electrons. The average Bonchev–Trinajstić information content (AvgIpc) is 2.65. The second kappa shape index (κ2) is 5.65. The predicted octanol–water partition coefficient (Wildman–Crippen LogP) is 4.57. The minimum atomic E-state index is 0.548. The molecule has 0 amide bonds. The van der Waals surface area contributed by atoms with Crippen molar-refractivity contribution in [3.05, 3.63) is 20.8 Å². The van der Waals surface area contributed by atoms with Crippen LogP contribution in [-0.4, -0.2) is 6.54 Å². The molecule has 1 fully saturated rings. The number of rotatable bonds is 4. The van der Waals surface area contributed by atoms with Gasteiger partial charge in [0.1, 0.15) is 0 Å². The topological polar surface area (TPSA) is 12.0 Å². The van der Waals surface area contributed by atoms with Crippen molar-refractivity contribution >= 4 is 27.3 Å². The largest absolute Gasteiger partial charge is 0.311 e. The zero-order valence-corrected chi connectivity index (χ0v) is 12.3. The minimum absolute atomic E-state index is 0.548. The molecule has 0 atom stereocenters. The first kappa shape index (κ1) is 12.6. The van der Waals surface area contributed by atoms with Crippen molar-refractivity contribution in [3.8, 4) is 0 Å². The molecule has 0 aliphatic heterocycles. The fourth-order valence-corrected chi connectivity index (χ4v) is 3.97. The quantitative estimate of drug-likeness (QED) is 0.859. The second-order valence-electron chi connectivity index (χ2n) is 5.18. The van der Waals surface area contributed by atoms with E-state index in [9.17, 15) is 0 Å². The highest BCUT2D eigenvalue weighted by Gasteiger charge is 2.25. The zero-order chi connectivity index (χ0) is 11.4. The van der Waals surface area contributed by atoms with Crippen LogP contribution in [0.25, 0.3) is 0 Å². The Balaban J connectivity index is 1.74. The molecule has 0 saturated heterocycles. The number of thiophene rings is 1. The second-order valence-corrected chi connectivity index (χ2v) is 7.73. The summed E-state index contributed by atoms with van der Waals surface area (Å²) in [4.78, 5) is 1.42. The molecular formula is C13H20BrNS. The van der Waals surface area contributed by atoms with Crippen LogP contribution in [0.3, 0.4) is 0 Å². The number of hydrogen-bond acceptors (Lipinski definition) is 2. The van der Waals surface area contributed by atoms with Gasteiger partial charge in [0.25, 0.3) is 0 Å². The molecule has 0 aromatic carbocycles. The van der Waals surface area contributed by atoms with Crippen LogP contribution >= 0.6 is 27.3 Å². The number of halogens is 1. The smallest absolute Gasteiger partial charge is 0.0701 e. The van der Waals surface area contributed by atoms with Gasteiger partial charge in [0, 0.05) is 18.0 Å². The summed E-state index contributed by atoms with van der Waals surface area (Å²) in [6.07, 6.45) is 7.07. The van der Waals surface area contributed by atoms with E-state index in [-0.39, 0.29) is 0 Å². The normalized spacial score (nSPS) is 19.9. The molecule has 1 nitrogen and oxygen atoms in total. The van der Waals surface area contributed by atoms with Crippen LogP contribution in [0.15, 0.2) is 15.9 Å². The van der Waals surface area contributed by atoms with E-state index in [1.807, 2.05) is 11.3 Å². The van der Waals surface area contributed by atoms with E-state index < -0.39 is 0 Å². The third-order valence-electron chi connectivity index (χ3n) is 3.54. The van der Waals surface area contributed by atoms with Crippen molar-refractivity contribution in [2.75, 3.05) is 6.54 Å². The summed E-state index contributed by atoms with van der Waals surface area (Å²) in [6, 6.07) is 4.33. The summed E-state index contributed by atoms with van der Waals surface area (Å²) in [5.74, 6) is 0. The van der Waals surface area contributed by atoms with E-state index in [0.29, 0.717) is 5.41 Å². The van der Waals surface area contributed by atoms with Crippen molar-refractivity contribution in [1.82, 2.24) is 5.32 Å². The highest BCUT2D eigenvalue weighted by atomic mass is 79.9. The van der Waals surface area contributed by atoms with Crippen LogP contribution in [0.4, 0.5) is 0 Å². The van der Waals surface area contributed by atoms with Crippen LogP contribution in [0.2, 0.25) is 0 Å². The standard InChI is InChI=1S/C13H20BrNS/c1-13(7-3-2-4-8-13)10-15-9-11-5-6-12(14)16-11/h5-6,15H,2-4,7-10H2,1H3. The molecule has 90 valence electrons. The molecule has 1 N–H and O–H groups in total. The molecule has 16 heavy (non-hydrogen) atoms. The lowest BCUT2D eigenvalue weighted by molar-refractivity contribution is 0.208. The lowest BCUT2D eigenvalue weighted by atomic mass is 9.76. The summed E-state index contributed by atoms with van der Waals surface area (Å²) in [6.45, 7) is 4.62. The van der Waals surface area contributed by atoms with Gasteiger partial charge in [-0.15, -0.1) is 11.3 Å². The van der Waals surface area contributed by atoms with Gasteiger partial charge >= 0.3 is 0 Å². The Labute approximate surface area is 111 Å². The minimum Gasteiger partial charge on any atom is -0.311 e. The molecule has 1 aromatic rings. The van der Waals surface area contributed by atoms with E-state index >= 15 is 0 Å². The fourth-order valence-electron chi connectivity index (χ4n) is 2.52. The van der Waals surface area contributed by atoms with E-state index in [0.717, 1.165) is 6.54 Å². The summed E-state index contributed by atoms with van der Waals surface area (Å²) >= 11 is 5.33. The molecule has 0 unspecified atom stereocenters. The number of hydrogen-bond donors (Lipinski definition) is 1. The van der Waals surface area contributed by atoms with Gasteiger partial charge < -0.3 is 5.32 Å². The van der Waals surface area contributed by atoms with Gasteiger partial charge in [-0.2, -0.15) is 0 Å². The van der Waals surface area contributed by atoms with Crippen molar-refractivity contribution in [3.63, 3.8) is 0 Å². The Bertz CT molecular complexity index is 328. The van der Waals surface area contributed by atoms with Gasteiger partial charge in [0.2, 0.25) is 0 Å². The van der Waals surface area contributed by atoms with Gasteiger partial charge in [-0.3, -0.25) is 0 Å². The van der Waals surface area contributed by atoms with E-state index in [4.69, 9.17) is 0 Å². The monoisotopic (exact) mass is 301 g/mol. The zero-order valence-electron chi connectivity index (χ0n) is 9.89. The Hall–Kier alpha value is 0.140. The Kier molecular flexibility index (Phi) is 4.45. The highest BCUT2D eigenvalue weighted by Crippen LogP contribution is 2.35. The fraction of sp³-hybridized carbons (Fsp3) is 0.692. The lowest BCUT2D eigenvalue weighted by Crippen LogP contribution is -2.33. The highest BCUT2D eigenvalue weighted by molar-refractivity contribution is 9.11. The Morgan fingerprint density at radius 3 is 2.69 bits per heavy atom. The third kappa shape index (κ3) is 3.57. The third-order valence-corrected chi connectivity index (χ3v) is 5.16. The van der Waals surface area contributed by atoms with Gasteiger partial charge in [-0.05, 0) is 46.3 Å². The molecule has 1 aliphatic carbocycles. The predicted molar refractivity (Wildman–Crippen MR) is 74.9 cm³/mol. The molecule has 1 heterocycles. The van der Waals surface area contributed by atoms with Crippen LogP contribution < -0.4 is 5.32 Å². The molecule has 1 aromatic heterocycles. The summed E-state index contributed by atoms with van der Waals surface area (Å²) in [5.41, 5.74) is 0.548. The van der Waals surface area contributed by atoms with Crippen molar-refractivity contribution in [2.45, 2.75) is 45.6 Å². The molecule has 3 heteroatoms. The van der Waals surface area contributed by atoms with E-state index in [1.165, 1.54) is 47.3 Å². The van der Waals surface area contributed by atoms with Crippen molar-refractivity contribution < 1.29 is 0 Å². The first-order valence-electron chi connectivity index (χ1n) is 6.13. The molecular weight excluding hydrogens is 282 g/mol. The van der Waals surface area contributed by atoms with Gasteiger partial charge in [0.15, 0.2) is 0 Å². The van der Waals surface area contributed by atoms with Crippen LogP contribution in [0, 0.1) is 5.41 Å². The van der Waals surface area contributed by atoms with Gasteiger partial charge in [-0.1, -0.05) is 26.2 Å². The van der Waals surface area contributed by atoms with Crippen molar-refractivity contribution in [2.24, 2.45) is 5.41 Å².